The number of amides is 1. The van der Waals surface area contributed by atoms with Crippen molar-refractivity contribution < 1.29 is 19.4 Å². The number of carbonyl (C=O) groups is 2. The Kier molecular flexibility index (Phi) is 4.79. The average molecular weight is 453 g/mol. The van der Waals surface area contributed by atoms with Gasteiger partial charge < -0.3 is 9.84 Å². The molecule has 0 unspecified atom stereocenters. The van der Waals surface area contributed by atoms with Gasteiger partial charge in [-0.2, -0.15) is 0 Å². The van der Waals surface area contributed by atoms with Crippen LogP contribution in [0.4, 0.5) is 5.13 Å². The summed E-state index contributed by atoms with van der Waals surface area (Å²) in [5, 5.41) is 13.9. The quantitative estimate of drug-likeness (QED) is 0.352. The number of benzene rings is 2. The van der Waals surface area contributed by atoms with Crippen molar-refractivity contribution in [2.75, 3.05) is 4.90 Å². The van der Waals surface area contributed by atoms with Crippen LogP contribution in [0.2, 0.25) is 5.02 Å². The monoisotopic (exact) mass is 452 g/mol. The second kappa shape index (κ2) is 7.51. The van der Waals surface area contributed by atoms with Crippen molar-refractivity contribution in [2.45, 2.75) is 25.5 Å². The smallest absolute Gasteiger partial charge is 0.301 e. The lowest BCUT2D eigenvalue weighted by atomic mass is 9.94. The van der Waals surface area contributed by atoms with Crippen molar-refractivity contribution in [3.05, 3.63) is 81.3 Å². The Hall–Kier alpha value is -3.16. The number of aliphatic hydroxyl groups excluding tert-OH is 1. The summed E-state index contributed by atoms with van der Waals surface area (Å²) in [5.41, 5.74) is 2.09. The van der Waals surface area contributed by atoms with E-state index in [2.05, 4.69) is 4.98 Å². The van der Waals surface area contributed by atoms with Crippen molar-refractivity contribution >= 4 is 45.5 Å². The van der Waals surface area contributed by atoms with Crippen molar-refractivity contribution in [1.82, 2.24) is 4.98 Å². The molecule has 0 radical (unpaired) electrons. The van der Waals surface area contributed by atoms with Crippen LogP contribution < -0.4 is 9.64 Å². The normalized spacial score (nSPS) is 21.9. The average Bonchev–Trinajstić information content (AvgIpc) is 3.46. The van der Waals surface area contributed by atoms with E-state index < -0.39 is 17.7 Å². The van der Waals surface area contributed by atoms with Crippen LogP contribution in [0.1, 0.15) is 29.7 Å². The lowest BCUT2D eigenvalue weighted by Crippen LogP contribution is -2.29. The third-order valence-electron chi connectivity index (χ3n) is 5.42. The number of fused-ring (bicyclic) bond motifs is 1. The van der Waals surface area contributed by atoms with E-state index >= 15 is 0 Å². The van der Waals surface area contributed by atoms with Gasteiger partial charge in [0.05, 0.1) is 11.6 Å². The Morgan fingerprint density at radius 2 is 2.00 bits per heavy atom. The zero-order valence-electron chi connectivity index (χ0n) is 16.4. The summed E-state index contributed by atoms with van der Waals surface area (Å²) < 4.78 is 5.73. The molecule has 1 fully saturated rings. The van der Waals surface area contributed by atoms with Gasteiger partial charge in [-0.15, -0.1) is 11.3 Å². The van der Waals surface area contributed by atoms with Crippen molar-refractivity contribution in [2.24, 2.45) is 0 Å². The SMILES string of the molecule is C[C@@H]1Cc2cc(/C(O)=C3\C(=O)C(=O)N(c4nccs4)[C@@H]3c3ccc(Cl)cc3)ccc2O1. The molecule has 31 heavy (non-hydrogen) atoms. The Morgan fingerprint density at radius 1 is 1.23 bits per heavy atom. The number of Topliss-reactive ketones (excluding diaryl/α,β-unsaturated/α-hetero) is 1. The van der Waals surface area contributed by atoms with Crippen LogP contribution in [0, 0.1) is 0 Å². The third kappa shape index (κ3) is 3.30. The standard InChI is InChI=1S/C23H17ClN2O4S/c1-12-10-15-11-14(4-7-17(15)30-12)20(27)18-19(13-2-5-16(24)6-3-13)26(22(29)21(18)28)23-25-8-9-31-23/h2-9,11-12,19,27H,10H2,1H3/b20-18+/t12-,19-/m1/s1. The van der Waals surface area contributed by atoms with Gasteiger partial charge in [-0.05, 0) is 48.4 Å². The summed E-state index contributed by atoms with van der Waals surface area (Å²) in [6.07, 6.45) is 2.33. The predicted octanol–water partition coefficient (Wildman–Crippen LogP) is 4.75. The van der Waals surface area contributed by atoms with Crippen LogP contribution in [0.25, 0.3) is 5.76 Å². The minimum Gasteiger partial charge on any atom is -0.507 e. The Bertz CT molecular complexity index is 1220. The maximum Gasteiger partial charge on any atom is 0.301 e. The molecule has 0 spiro atoms. The molecular weight excluding hydrogens is 436 g/mol. The highest BCUT2D eigenvalue weighted by Crippen LogP contribution is 2.43. The molecule has 156 valence electrons. The first-order valence-electron chi connectivity index (χ1n) is 9.70. The molecule has 0 aliphatic carbocycles. The molecule has 3 aromatic rings. The van der Waals surface area contributed by atoms with Crippen molar-refractivity contribution in [3.8, 4) is 5.75 Å². The highest BCUT2D eigenvalue weighted by Gasteiger charge is 2.48. The maximum absolute atomic E-state index is 13.1. The van der Waals surface area contributed by atoms with E-state index in [4.69, 9.17) is 16.3 Å². The number of ether oxygens (including phenoxy) is 1. The number of ketones is 1. The van der Waals surface area contributed by atoms with Crippen LogP contribution in [-0.4, -0.2) is 27.9 Å². The minimum absolute atomic E-state index is 0.0226. The lowest BCUT2D eigenvalue weighted by Gasteiger charge is -2.23. The second-order valence-corrected chi connectivity index (χ2v) is 8.80. The van der Waals surface area contributed by atoms with E-state index in [-0.39, 0.29) is 17.4 Å². The first kappa shape index (κ1) is 19.8. The third-order valence-corrected chi connectivity index (χ3v) is 6.45. The molecule has 8 heteroatoms. The summed E-state index contributed by atoms with van der Waals surface area (Å²) in [7, 11) is 0. The summed E-state index contributed by atoms with van der Waals surface area (Å²) >= 11 is 7.29. The lowest BCUT2D eigenvalue weighted by molar-refractivity contribution is -0.132. The van der Waals surface area contributed by atoms with E-state index in [0.29, 0.717) is 27.7 Å². The number of aliphatic hydroxyl groups is 1. The zero-order valence-corrected chi connectivity index (χ0v) is 18.0. The molecular formula is C23H17ClN2O4S. The highest BCUT2D eigenvalue weighted by molar-refractivity contribution is 7.14. The van der Waals surface area contributed by atoms with Crippen molar-refractivity contribution in [3.63, 3.8) is 0 Å². The summed E-state index contributed by atoms with van der Waals surface area (Å²) in [5.74, 6) is -0.937. The molecule has 5 rings (SSSR count). The fourth-order valence-electron chi connectivity index (χ4n) is 4.05. The molecule has 0 bridgehead atoms. The number of nitrogens with zero attached hydrogens (tertiary/aromatic N) is 2. The Morgan fingerprint density at radius 3 is 2.71 bits per heavy atom. The molecule has 2 atom stereocenters. The number of aromatic nitrogens is 1. The first-order chi connectivity index (χ1) is 14.9. The van der Waals surface area contributed by atoms with E-state index in [1.807, 2.05) is 13.0 Å². The second-order valence-electron chi connectivity index (χ2n) is 7.49. The van der Waals surface area contributed by atoms with E-state index in [9.17, 15) is 14.7 Å². The molecule has 2 aromatic carbocycles. The van der Waals surface area contributed by atoms with Gasteiger partial charge in [0.15, 0.2) is 5.13 Å². The molecule has 3 heterocycles. The summed E-state index contributed by atoms with van der Waals surface area (Å²) in [6.45, 7) is 1.97. The van der Waals surface area contributed by atoms with Crippen LogP contribution in [0.15, 0.2) is 59.6 Å². The van der Waals surface area contributed by atoms with Crippen LogP contribution in [0.3, 0.4) is 0 Å². The van der Waals surface area contributed by atoms with Gasteiger partial charge in [0, 0.05) is 28.6 Å². The van der Waals surface area contributed by atoms with Crippen LogP contribution in [-0.2, 0) is 16.0 Å². The first-order valence-corrected chi connectivity index (χ1v) is 11.0. The zero-order chi connectivity index (χ0) is 21.7. The van der Waals surface area contributed by atoms with Gasteiger partial charge in [-0.25, -0.2) is 4.98 Å². The number of rotatable bonds is 3. The summed E-state index contributed by atoms with van der Waals surface area (Å²) in [6, 6.07) is 11.3. The minimum atomic E-state index is -0.813. The molecule has 2 aliphatic heterocycles. The van der Waals surface area contributed by atoms with E-state index in [1.54, 1.807) is 48.0 Å². The van der Waals surface area contributed by atoms with Gasteiger partial charge >= 0.3 is 5.91 Å². The molecule has 1 amide bonds. The van der Waals surface area contributed by atoms with Gasteiger partial charge in [0.25, 0.3) is 5.78 Å². The molecule has 6 nitrogen and oxygen atoms in total. The fourth-order valence-corrected chi connectivity index (χ4v) is 4.84. The number of hydrogen-bond acceptors (Lipinski definition) is 6. The van der Waals surface area contributed by atoms with Gasteiger partial charge in [-0.3, -0.25) is 14.5 Å². The molecule has 1 N–H and O–H groups in total. The highest BCUT2D eigenvalue weighted by atomic mass is 35.5. The van der Waals surface area contributed by atoms with Gasteiger partial charge in [0.1, 0.15) is 17.6 Å². The van der Waals surface area contributed by atoms with Crippen LogP contribution in [0.5, 0.6) is 5.75 Å². The van der Waals surface area contributed by atoms with Gasteiger partial charge in [0.2, 0.25) is 0 Å². The molecule has 1 aromatic heterocycles. The number of anilines is 1. The maximum atomic E-state index is 13.1. The van der Waals surface area contributed by atoms with Crippen molar-refractivity contribution in [1.29, 1.82) is 0 Å². The fraction of sp³-hybridized carbons (Fsp3) is 0.174. The number of halogens is 1. The Balaban J connectivity index is 1.68. The van der Waals surface area contributed by atoms with E-state index in [0.717, 1.165) is 11.3 Å². The van der Waals surface area contributed by atoms with E-state index in [1.165, 1.54) is 16.2 Å². The molecule has 1 saturated heterocycles. The van der Waals surface area contributed by atoms with Crippen LogP contribution >= 0.6 is 22.9 Å². The predicted molar refractivity (Wildman–Crippen MR) is 119 cm³/mol. The Labute approximate surface area is 187 Å². The largest absolute Gasteiger partial charge is 0.507 e. The number of carbonyl (C=O) groups excluding carboxylic acids is 2. The van der Waals surface area contributed by atoms with Gasteiger partial charge in [-0.1, -0.05) is 23.7 Å². The number of thiazole rings is 1. The summed E-state index contributed by atoms with van der Waals surface area (Å²) in [4.78, 5) is 31.6. The molecule has 2 aliphatic rings. The topological polar surface area (TPSA) is 79.7 Å². The number of hydrogen-bond donors (Lipinski definition) is 1. The molecule has 0 saturated carbocycles.